The quantitative estimate of drug-likeness (QED) is 0.0135. The zero-order valence-corrected chi connectivity index (χ0v) is 62.9. The normalized spacial score (nSPS) is 12.3. The van der Waals surface area contributed by atoms with Gasteiger partial charge < -0.3 is 63.4 Å². The maximum absolute atomic E-state index is 12.7. The number of ether oxygens (including phenoxy) is 8. The number of phenolic OH excluding ortho intramolecular Hbond substituents is 4. The minimum Gasteiger partial charge on any atom is -0.507 e. The number of carbonyl (C=O) groups is 3. The highest BCUT2D eigenvalue weighted by atomic mass is 16.6. The van der Waals surface area contributed by atoms with Crippen molar-refractivity contribution in [1.29, 1.82) is 0 Å². The molecule has 0 aliphatic rings. The van der Waals surface area contributed by atoms with E-state index in [9.17, 15) is 39.9 Å². The minimum atomic E-state index is -0.951. The molecule has 22 nitrogen and oxygen atoms in total. The molecule has 2 aromatic heterocycles. The fourth-order valence-electron chi connectivity index (χ4n) is 11.4. The Morgan fingerprint density at radius 3 is 0.905 bits per heavy atom. The second kappa shape index (κ2) is 42.7. The SMILES string of the molecule is CCCCCCCCOC(=O)C(C)Oc1ccc(-c2nc(-c3ccc(OC(C)C(=O)OCCCCCCCC)cc3O)nc(-c3ccc(OC(C)C(=O)OCCCCCCCC)cc3O)n2)c(O)c1.COCC(O)COc1ccc(-c2nc(-c3ccc(C)cc3C)nc(-c3ccc(C)cc3C)n2)c(O)c1. The van der Waals surface area contributed by atoms with Crippen LogP contribution in [0.3, 0.4) is 0 Å². The molecule has 4 atom stereocenters. The number of aliphatic hydroxyl groups is 1. The Morgan fingerprint density at radius 1 is 0.352 bits per heavy atom. The van der Waals surface area contributed by atoms with Crippen molar-refractivity contribution < 1.29 is 77.8 Å². The molecule has 6 aromatic carbocycles. The van der Waals surface area contributed by atoms with Gasteiger partial charge in [0.2, 0.25) is 0 Å². The maximum atomic E-state index is 12.7. The third kappa shape index (κ3) is 26.0. The third-order valence-corrected chi connectivity index (χ3v) is 17.3. The monoisotopic (exact) mass is 1440 g/mol. The van der Waals surface area contributed by atoms with Gasteiger partial charge in [-0.25, -0.2) is 44.3 Å². The molecule has 5 N–H and O–H groups in total. The van der Waals surface area contributed by atoms with Crippen LogP contribution in [0.5, 0.6) is 46.0 Å². The summed E-state index contributed by atoms with van der Waals surface area (Å²) < 4.78 is 44.2. The van der Waals surface area contributed by atoms with E-state index in [1.165, 1.54) is 68.8 Å². The smallest absolute Gasteiger partial charge is 0.347 e. The number of hydrogen-bond donors (Lipinski definition) is 5. The van der Waals surface area contributed by atoms with Gasteiger partial charge >= 0.3 is 17.9 Å². The topological polar surface area (TPSA) is 304 Å². The molecule has 22 heteroatoms. The number of methoxy groups -OCH3 is 1. The van der Waals surface area contributed by atoms with Crippen LogP contribution in [0.1, 0.15) is 179 Å². The summed E-state index contributed by atoms with van der Waals surface area (Å²) in [5.74, 6) is -0.157. The summed E-state index contributed by atoms with van der Waals surface area (Å²) in [6.07, 6.45) is 15.4. The molecule has 0 saturated carbocycles. The summed E-state index contributed by atoms with van der Waals surface area (Å²) in [5, 5.41) is 54.7. The second-order valence-corrected chi connectivity index (χ2v) is 26.5. The molecule has 8 aromatic rings. The molecule has 2 heterocycles. The summed E-state index contributed by atoms with van der Waals surface area (Å²) >= 11 is 0. The van der Waals surface area contributed by atoms with Crippen molar-refractivity contribution in [3.8, 4) is 114 Å². The number of nitrogens with zero attached hydrogens (tertiary/aromatic N) is 6. The first-order valence-corrected chi connectivity index (χ1v) is 36.9. The number of benzene rings is 6. The average molecular weight is 1440 g/mol. The van der Waals surface area contributed by atoms with E-state index in [1.807, 2.05) is 52.0 Å². The van der Waals surface area contributed by atoms with Crippen molar-refractivity contribution in [2.24, 2.45) is 0 Å². The number of carbonyl (C=O) groups excluding carboxylic acids is 3. The van der Waals surface area contributed by atoms with Gasteiger partial charge in [-0.1, -0.05) is 165 Å². The number of rotatable bonds is 41. The molecule has 0 spiro atoms. The van der Waals surface area contributed by atoms with E-state index in [4.69, 9.17) is 52.8 Å². The van der Waals surface area contributed by atoms with Crippen LogP contribution in [-0.2, 0) is 33.3 Å². The first kappa shape index (κ1) is 82.4. The molecule has 8 rings (SSSR count). The van der Waals surface area contributed by atoms with Gasteiger partial charge in [-0.2, -0.15) is 0 Å². The zero-order valence-electron chi connectivity index (χ0n) is 62.9. The summed E-state index contributed by atoms with van der Waals surface area (Å²) in [6.45, 7) is 20.4. The van der Waals surface area contributed by atoms with Crippen molar-refractivity contribution in [2.45, 2.75) is 209 Å². The van der Waals surface area contributed by atoms with Gasteiger partial charge in [0.05, 0.1) is 48.7 Å². The minimum absolute atomic E-state index is 0.0295. The lowest BCUT2D eigenvalue weighted by atomic mass is 10.0. The summed E-state index contributed by atoms with van der Waals surface area (Å²) in [4.78, 5) is 66.2. The predicted molar refractivity (Wildman–Crippen MR) is 405 cm³/mol. The van der Waals surface area contributed by atoms with Crippen molar-refractivity contribution in [3.63, 3.8) is 0 Å². The van der Waals surface area contributed by atoms with Crippen molar-refractivity contribution >= 4 is 17.9 Å². The molecule has 0 aliphatic heterocycles. The molecule has 0 aliphatic carbocycles. The molecular weight excluding hydrogens is 1340 g/mol. The highest BCUT2D eigenvalue weighted by molar-refractivity contribution is 5.78. The van der Waals surface area contributed by atoms with Crippen LogP contribution in [0.15, 0.2) is 109 Å². The lowest BCUT2D eigenvalue weighted by Gasteiger charge is -2.16. The Bertz CT molecular complexity index is 3770. The molecule has 4 unspecified atom stereocenters. The van der Waals surface area contributed by atoms with Crippen LogP contribution in [-0.4, -0.2) is 138 Å². The van der Waals surface area contributed by atoms with E-state index in [1.54, 1.807) is 51.1 Å². The average Bonchev–Trinajstić information content (AvgIpc) is 0.789. The van der Waals surface area contributed by atoms with Crippen molar-refractivity contribution in [3.05, 3.63) is 131 Å². The molecule has 105 heavy (non-hydrogen) atoms. The molecule has 0 fully saturated rings. The van der Waals surface area contributed by atoms with Crippen LogP contribution >= 0.6 is 0 Å². The summed E-state index contributed by atoms with van der Waals surface area (Å²) in [7, 11) is 1.51. The number of esters is 3. The number of phenols is 4. The largest absolute Gasteiger partial charge is 0.507 e. The highest BCUT2D eigenvalue weighted by Crippen LogP contribution is 2.40. The molecule has 0 saturated heterocycles. The first-order valence-electron chi connectivity index (χ1n) is 36.9. The fourth-order valence-corrected chi connectivity index (χ4v) is 11.4. The Hall–Kier alpha value is -9.93. The van der Waals surface area contributed by atoms with Crippen LogP contribution in [0.4, 0.5) is 0 Å². The molecule has 0 bridgehead atoms. The number of hydrogen-bond acceptors (Lipinski definition) is 22. The van der Waals surface area contributed by atoms with Crippen LogP contribution in [0, 0.1) is 27.7 Å². The number of aryl methyl sites for hydroxylation is 4. The van der Waals surface area contributed by atoms with Crippen LogP contribution in [0.2, 0.25) is 0 Å². The van der Waals surface area contributed by atoms with Crippen LogP contribution < -0.4 is 18.9 Å². The predicted octanol–water partition coefficient (Wildman–Crippen LogP) is 17.2. The van der Waals surface area contributed by atoms with Gasteiger partial charge in [0.25, 0.3) is 0 Å². The van der Waals surface area contributed by atoms with Gasteiger partial charge in [-0.15, -0.1) is 0 Å². The van der Waals surface area contributed by atoms with E-state index in [-0.39, 0.29) is 87.6 Å². The number of aliphatic hydroxyl groups excluding tert-OH is 1. The van der Waals surface area contributed by atoms with E-state index in [0.717, 1.165) is 130 Å². The molecule has 0 radical (unpaired) electrons. The van der Waals surface area contributed by atoms with Gasteiger partial charge in [-0.05, 0) is 127 Å². The van der Waals surface area contributed by atoms with E-state index < -0.39 is 42.3 Å². The number of aromatic hydroxyl groups is 4. The van der Waals surface area contributed by atoms with Gasteiger partial charge in [0.15, 0.2) is 53.3 Å². The Balaban J connectivity index is 0.000000356. The van der Waals surface area contributed by atoms with Gasteiger partial charge in [0, 0.05) is 42.5 Å². The lowest BCUT2D eigenvalue weighted by molar-refractivity contribution is -0.152. The summed E-state index contributed by atoms with van der Waals surface area (Å²) in [6, 6.07) is 30.3. The second-order valence-electron chi connectivity index (χ2n) is 26.5. The van der Waals surface area contributed by atoms with E-state index in [0.29, 0.717) is 48.6 Å². The first-order chi connectivity index (χ1) is 50.6. The van der Waals surface area contributed by atoms with E-state index in [2.05, 4.69) is 47.9 Å². The molecule has 0 amide bonds. The number of aromatic nitrogens is 6. The van der Waals surface area contributed by atoms with Crippen molar-refractivity contribution in [2.75, 3.05) is 40.1 Å². The maximum Gasteiger partial charge on any atom is 0.347 e. The summed E-state index contributed by atoms with van der Waals surface area (Å²) in [5.41, 5.74) is 7.13. The van der Waals surface area contributed by atoms with Gasteiger partial charge in [0.1, 0.15) is 58.7 Å². The fraction of sp³-hybridized carbons (Fsp3) is 0.458. The Kier molecular flexibility index (Phi) is 33.5. The number of unbranched alkanes of at least 4 members (excludes halogenated alkanes) is 15. The third-order valence-electron chi connectivity index (χ3n) is 17.3. The highest BCUT2D eigenvalue weighted by Gasteiger charge is 2.25. The van der Waals surface area contributed by atoms with Gasteiger partial charge in [-0.3, -0.25) is 0 Å². The Labute approximate surface area is 617 Å². The van der Waals surface area contributed by atoms with Crippen molar-refractivity contribution in [1.82, 2.24) is 29.9 Å². The lowest BCUT2D eigenvalue weighted by Crippen LogP contribution is -2.26. The molecule has 564 valence electrons. The zero-order chi connectivity index (χ0) is 75.8. The standard InChI is InChI=1S/C54H75N3O12.C29H31N3O4/c1-7-10-13-16-19-22-31-64-52(61)37(4)67-40-25-28-43(46(58)34-40)49-55-50(44-29-26-41(35-47(44)59)68-38(5)53(62)65-32-23-20-17-14-11-8-2)57-51(56-49)45-30-27-42(36-48(45)60)69-39(6)54(63)66-33-24-21-18-15-12-9-3;1-17-6-9-23(19(3)12-17)27-30-28(24-10-7-18(2)13-20(24)4)32-29(31-27)25-11-8-22(14-26(25)34)36-16-21(33)15-35-5/h25-30,34-39,58-60H,7-24,31-33H2,1-6H3;6-14,21,33-34H,15-16H2,1-5H3. The van der Waals surface area contributed by atoms with Crippen LogP contribution in [0.25, 0.3) is 68.3 Å². The molecular formula is C83H106N6O16. The van der Waals surface area contributed by atoms with E-state index >= 15 is 0 Å². The Morgan fingerprint density at radius 2 is 0.619 bits per heavy atom.